The Morgan fingerprint density at radius 1 is 1.24 bits per heavy atom. The number of ether oxygens (including phenoxy) is 2. The highest BCUT2D eigenvalue weighted by Crippen LogP contribution is 2.34. The first-order valence-corrected chi connectivity index (χ1v) is 7.79. The molecule has 0 fully saturated rings. The van der Waals surface area contributed by atoms with Crippen LogP contribution in [0.4, 0.5) is 0 Å². The molecule has 0 spiro atoms. The Kier molecular flexibility index (Phi) is 4.06. The molecule has 0 unspecified atom stereocenters. The van der Waals surface area contributed by atoms with Gasteiger partial charge < -0.3 is 9.47 Å². The Bertz CT molecular complexity index is 685. The number of hydrogen-bond acceptors (Lipinski definition) is 4. The minimum absolute atomic E-state index is 0.0223. The first kappa shape index (κ1) is 13.9. The fourth-order valence-electron chi connectivity index (χ4n) is 2.18. The van der Waals surface area contributed by atoms with Gasteiger partial charge in [0, 0.05) is 10.4 Å². The Morgan fingerprint density at radius 2 is 2.10 bits per heavy atom. The molecule has 2 aromatic rings. The smallest absolute Gasteiger partial charge is 0.195 e. The molecule has 1 aromatic heterocycles. The van der Waals surface area contributed by atoms with Gasteiger partial charge in [-0.2, -0.15) is 0 Å². The summed E-state index contributed by atoms with van der Waals surface area (Å²) in [4.78, 5) is 14.2. The first-order valence-electron chi connectivity index (χ1n) is 6.97. The van der Waals surface area contributed by atoms with E-state index in [0.717, 1.165) is 22.6 Å². The second-order valence-electron chi connectivity index (χ2n) is 4.69. The van der Waals surface area contributed by atoms with Gasteiger partial charge in [-0.05, 0) is 36.8 Å². The molecule has 0 aliphatic carbocycles. The topological polar surface area (TPSA) is 35.5 Å². The zero-order valence-corrected chi connectivity index (χ0v) is 12.6. The van der Waals surface area contributed by atoms with Gasteiger partial charge in [0.2, 0.25) is 0 Å². The summed E-state index contributed by atoms with van der Waals surface area (Å²) in [6, 6.07) is 9.59. The molecule has 0 radical (unpaired) electrons. The van der Waals surface area contributed by atoms with Crippen molar-refractivity contribution in [3.05, 3.63) is 51.7 Å². The molecule has 0 atom stereocenters. The van der Waals surface area contributed by atoms with E-state index >= 15 is 0 Å². The van der Waals surface area contributed by atoms with Gasteiger partial charge in [0.25, 0.3) is 0 Å². The van der Waals surface area contributed by atoms with Gasteiger partial charge in [-0.3, -0.25) is 4.79 Å². The van der Waals surface area contributed by atoms with Crippen molar-refractivity contribution >= 4 is 23.2 Å². The van der Waals surface area contributed by atoms with Crippen molar-refractivity contribution in [2.45, 2.75) is 13.3 Å². The second-order valence-corrected chi connectivity index (χ2v) is 5.86. The maximum absolute atomic E-state index is 12.2. The maximum Gasteiger partial charge on any atom is 0.195 e. The molecule has 3 rings (SSSR count). The van der Waals surface area contributed by atoms with E-state index in [9.17, 15) is 4.79 Å². The van der Waals surface area contributed by atoms with Gasteiger partial charge in [0.1, 0.15) is 13.2 Å². The summed E-state index contributed by atoms with van der Waals surface area (Å²) in [5, 5.41) is 0. The van der Waals surface area contributed by atoms with Crippen LogP contribution >= 0.6 is 11.3 Å². The number of hydrogen-bond donors (Lipinski definition) is 0. The quantitative estimate of drug-likeness (QED) is 0.633. The Morgan fingerprint density at radius 3 is 2.90 bits per heavy atom. The second kappa shape index (κ2) is 6.14. The van der Waals surface area contributed by atoms with E-state index in [0.29, 0.717) is 19.0 Å². The average molecular weight is 300 g/mol. The summed E-state index contributed by atoms with van der Waals surface area (Å²) >= 11 is 1.55. The van der Waals surface area contributed by atoms with E-state index in [4.69, 9.17) is 9.47 Å². The Hall–Kier alpha value is -2.07. The highest BCUT2D eigenvalue weighted by Gasteiger charge is 2.14. The van der Waals surface area contributed by atoms with Crippen LogP contribution in [-0.4, -0.2) is 19.0 Å². The number of ketones is 1. The van der Waals surface area contributed by atoms with Gasteiger partial charge in [-0.1, -0.05) is 19.1 Å². The van der Waals surface area contributed by atoms with E-state index in [2.05, 4.69) is 6.92 Å². The molecule has 2 heterocycles. The van der Waals surface area contributed by atoms with Crippen LogP contribution in [0.1, 0.15) is 27.0 Å². The highest BCUT2D eigenvalue weighted by molar-refractivity contribution is 7.14. The molecule has 3 nitrogen and oxygen atoms in total. The van der Waals surface area contributed by atoms with E-state index < -0.39 is 0 Å². The van der Waals surface area contributed by atoms with E-state index in [1.165, 1.54) is 4.88 Å². The molecule has 1 aromatic carbocycles. The molecule has 21 heavy (non-hydrogen) atoms. The van der Waals surface area contributed by atoms with Crippen molar-refractivity contribution in [3.8, 4) is 11.5 Å². The minimum atomic E-state index is 0.0223. The molecule has 108 valence electrons. The summed E-state index contributed by atoms with van der Waals surface area (Å²) in [6.45, 7) is 3.19. The minimum Gasteiger partial charge on any atom is -0.486 e. The summed E-state index contributed by atoms with van der Waals surface area (Å²) < 4.78 is 11.2. The van der Waals surface area contributed by atoms with Crippen LogP contribution < -0.4 is 9.47 Å². The highest BCUT2D eigenvalue weighted by atomic mass is 32.1. The predicted octanol–water partition coefficient (Wildman–Crippen LogP) is 3.98. The number of carbonyl (C=O) groups is 1. The van der Waals surface area contributed by atoms with Gasteiger partial charge in [-0.15, -0.1) is 11.3 Å². The summed E-state index contributed by atoms with van der Waals surface area (Å²) in [6.07, 6.45) is 4.35. The largest absolute Gasteiger partial charge is 0.486 e. The summed E-state index contributed by atoms with van der Waals surface area (Å²) in [7, 11) is 0. The molecule has 0 bridgehead atoms. The lowest BCUT2D eigenvalue weighted by Gasteiger charge is -2.19. The van der Waals surface area contributed by atoms with Crippen LogP contribution in [0.25, 0.3) is 6.08 Å². The number of allylic oxidation sites excluding steroid dienone is 1. The number of aryl methyl sites for hydroxylation is 1. The van der Waals surface area contributed by atoms with Crippen molar-refractivity contribution in [2.75, 3.05) is 13.2 Å². The van der Waals surface area contributed by atoms with Crippen LogP contribution in [0.5, 0.6) is 11.5 Å². The molecule has 1 aliphatic heterocycles. The van der Waals surface area contributed by atoms with E-state index in [1.54, 1.807) is 23.5 Å². The molecule has 0 N–H and O–H groups in total. The SMILES string of the molecule is CCc1ccc(C(=O)/C=C/c2cccc3c2OCCO3)s1. The molecule has 0 amide bonds. The summed E-state index contributed by atoms with van der Waals surface area (Å²) in [5.41, 5.74) is 0.868. The molecule has 1 aliphatic rings. The van der Waals surface area contributed by atoms with E-state index in [1.807, 2.05) is 30.3 Å². The van der Waals surface area contributed by atoms with Gasteiger partial charge >= 0.3 is 0 Å². The molecule has 0 saturated heterocycles. The molecular formula is C17H16O3S. The molecule has 0 saturated carbocycles. The number of rotatable bonds is 4. The third-order valence-electron chi connectivity index (χ3n) is 3.26. The monoisotopic (exact) mass is 300 g/mol. The number of benzene rings is 1. The molecule has 4 heteroatoms. The van der Waals surface area contributed by atoms with Crippen molar-refractivity contribution < 1.29 is 14.3 Å². The fraction of sp³-hybridized carbons (Fsp3) is 0.235. The standard InChI is InChI=1S/C17H16O3S/c1-2-13-7-9-16(21-13)14(18)8-6-12-4-3-5-15-17(12)20-11-10-19-15/h3-9H,2,10-11H2,1H3/b8-6+. The third-order valence-corrected chi connectivity index (χ3v) is 4.51. The summed E-state index contributed by atoms with van der Waals surface area (Å²) in [5.74, 6) is 1.47. The first-order chi connectivity index (χ1) is 10.3. The molecular weight excluding hydrogens is 284 g/mol. The van der Waals surface area contributed by atoms with Crippen molar-refractivity contribution in [2.24, 2.45) is 0 Å². The van der Waals surface area contributed by atoms with Crippen molar-refractivity contribution in [3.63, 3.8) is 0 Å². The number of fused-ring (bicyclic) bond motifs is 1. The van der Waals surface area contributed by atoms with Crippen molar-refractivity contribution in [1.29, 1.82) is 0 Å². The van der Waals surface area contributed by atoms with Gasteiger partial charge in [0.15, 0.2) is 17.3 Å². The van der Waals surface area contributed by atoms with E-state index in [-0.39, 0.29) is 5.78 Å². The van der Waals surface area contributed by atoms with Crippen LogP contribution in [0, 0.1) is 0 Å². The maximum atomic E-state index is 12.2. The third kappa shape index (κ3) is 3.00. The van der Waals surface area contributed by atoms with Crippen LogP contribution in [0.3, 0.4) is 0 Å². The van der Waals surface area contributed by atoms with Crippen LogP contribution in [-0.2, 0) is 6.42 Å². The predicted molar refractivity (Wildman–Crippen MR) is 84.5 cm³/mol. The van der Waals surface area contributed by atoms with Crippen molar-refractivity contribution in [1.82, 2.24) is 0 Å². The number of para-hydroxylation sites is 1. The average Bonchev–Trinajstić information content (AvgIpc) is 3.01. The zero-order valence-electron chi connectivity index (χ0n) is 11.8. The Balaban J connectivity index is 1.81. The number of carbonyl (C=O) groups excluding carboxylic acids is 1. The lowest BCUT2D eigenvalue weighted by atomic mass is 10.1. The number of thiophene rings is 1. The lowest BCUT2D eigenvalue weighted by molar-refractivity contribution is 0.105. The normalized spacial score (nSPS) is 13.6. The fourth-order valence-corrected chi connectivity index (χ4v) is 3.04. The lowest BCUT2D eigenvalue weighted by Crippen LogP contribution is -2.15. The van der Waals surface area contributed by atoms with Gasteiger partial charge in [-0.25, -0.2) is 0 Å². The van der Waals surface area contributed by atoms with Gasteiger partial charge in [0.05, 0.1) is 4.88 Å². The Labute approximate surface area is 127 Å². The zero-order chi connectivity index (χ0) is 14.7. The van der Waals surface area contributed by atoms with Crippen LogP contribution in [0.2, 0.25) is 0 Å². The van der Waals surface area contributed by atoms with Crippen LogP contribution in [0.15, 0.2) is 36.4 Å².